The van der Waals surface area contributed by atoms with Gasteiger partial charge in [-0.15, -0.1) is 0 Å². The van der Waals surface area contributed by atoms with Crippen molar-refractivity contribution in [3.05, 3.63) is 102 Å². The summed E-state index contributed by atoms with van der Waals surface area (Å²) in [6.07, 6.45) is -18.1. The largest absolute Gasteiger partial charge is 0.481 e. The van der Waals surface area contributed by atoms with Crippen LogP contribution in [-0.4, -0.2) is 159 Å². The summed E-state index contributed by atoms with van der Waals surface area (Å²) in [6, 6.07) is 24.8. The van der Waals surface area contributed by atoms with Crippen LogP contribution in [0.4, 0.5) is 10.1 Å². The van der Waals surface area contributed by atoms with Crippen molar-refractivity contribution in [2.75, 3.05) is 18.5 Å². The van der Waals surface area contributed by atoms with E-state index in [9.17, 15) is 59.9 Å². The van der Waals surface area contributed by atoms with Crippen LogP contribution in [0, 0.1) is 5.82 Å². The van der Waals surface area contributed by atoms with E-state index in [-0.39, 0.29) is 37.0 Å². The third kappa shape index (κ3) is 12.1. The first kappa shape index (κ1) is 50.3. The number of anilines is 1. The Morgan fingerprint density at radius 2 is 1.36 bits per heavy atom. The highest BCUT2D eigenvalue weighted by Crippen LogP contribution is 2.43. The molecule has 0 unspecified atom stereocenters. The lowest BCUT2D eigenvalue weighted by Gasteiger charge is -2.45. The molecule has 12 N–H and O–H groups in total. The fourth-order valence-corrected chi connectivity index (χ4v) is 7.77. The first-order chi connectivity index (χ1) is 30.5. The maximum Gasteiger partial charge on any atom is 0.305 e. The van der Waals surface area contributed by atoms with Crippen LogP contribution in [0.25, 0.3) is 22.4 Å². The quantitative estimate of drug-likeness (QED) is 0.0744. The van der Waals surface area contributed by atoms with Crippen LogP contribution in [-0.2, 0) is 25.5 Å². The van der Waals surface area contributed by atoms with E-state index in [1.54, 1.807) is 12.1 Å². The Kier molecular flexibility index (Phi) is 18.0. The van der Waals surface area contributed by atoms with E-state index in [1.807, 2.05) is 79.1 Å². The van der Waals surface area contributed by atoms with Crippen LogP contribution in [0.2, 0.25) is 0 Å². The minimum atomic E-state index is -1.74. The zero-order valence-electron chi connectivity index (χ0n) is 35.1. The molecule has 3 aromatic carbocycles. The number of hydrogen-bond acceptors (Lipinski definition) is 15. The Balaban J connectivity index is 0.000000283. The lowest BCUT2D eigenvalue weighted by molar-refractivity contribution is -0.355. The summed E-state index contributed by atoms with van der Waals surface area (Å²) in [5, 5.41) is 109. The van der Waals surface area contributed by atoms with Gasteiger partial charge in [-0.1, -0.05) is 62.4 Å². The fraction of sp³-hybridized carbons (Fsp3) is 0.467. The molecule has 0 aliphatic carbocycles. The van der Waals surface area contributed by atoms with Gasteiger partial charge in [-0.05, 0) is 66.3 Å². The average molecular weight is 901 g/mol. The summed E-state index contributed by atoms with van der Waals surface area (Å²) in [4.78, 5) is 25.0. The number of hydrogen-bond donors (Lipinski definition) is 12. The molecule has 3 heterocycles. The molecule has 64 heavy (non-hydrogen) atoms. The fourth-order valence-electron chi connectivity index (χ4n) is 7.77. The third-order valence-electron chi connectivity index (χ3n) is 10.9. The molecule has 2 fully saturated rings. The second-order valence-electron chi connectivity index (χ2n) is 15.9. The summed E-state index contributed by atoms with van der Waals surface area (Å²) in [5.74, 6) is -1.93. The van der Waals surface area contributed by atoms with Crippen molar-refractivity contribution in [3.8, 4) is 22.4 Å². The Hall–Kier alpha value is -4.71. The van der Waals surface area contributed by atoms with Gasteiger partial charge in [0, 0.05) is 23.5 Å². The van der Waals surface area contributed by atoms with Gasteiger partial charge in [-0.25, -0.2) is 4.39 Å². The van der Waals surface area contributed by atoms with E-state index in [0.717, 1.165) is 11.3 Å². The molecule has 19 heteroatoms. The maximum absolute atomic E-state index is 14.0. The zero-order chi connectivity index (χ0) is 46.8. The molecular formula is C45H57FN2O16. The molecule has 1 aromatic heterocycles. The monoisotopic (exact) mass is 900 g/mol. The van der Waals surface area contributed by atoms with Crippen molar-refractivity contribution < 1.29 is 84.4 Å². The summed E-state index contributed by atoms with van der Waals surface area (Å²) < 4.78 is 31.3. The number of halogens is 1. The molecule has 0 radical (unpaired) electrons. The average Bonchev–Trinajstić information content (AvgIpc) is 3.62. The van der Waals surface area contributed by atoms with Crippen molar-refractivity contribution in [3.63, 3.8) is 0 Å². The van der Waals surface area contributed by atoms with Crippen molar-refractivity contribution in [1.29, 1.82) is 0 Å². The van der Waals surface area contributed by atoms with E-state index in [2.05, 4.69) is 5.32 Å². The topological polar surface area (TPSA) is 301 Å². The molecule has 2 aliphatic heterocycles. The molecule has 0 spiro atoms. The summed E-state index contributed by atoms with van der Waals surface area (Å²) in [7, 11) is 0. The van der Waals surface area contributed by atoms with Crippen LogP contribution in [0.3, 0.4) is 0 Å². The predicted molar refractivity (Wildman–Crippen MR) is 226 cm³/mol. The summed E-state index contributed by atoms with van der Waals surface area (Å²) in [6.45, 7) is 2.91. The second-order valence-corrected chi connectivity index (χ2v) is 15.9. The van der Waals surface area contributed by atoms with Gasteiger partial charge in [-0.2, -0.15) is 0 Å². The van der Waals surface area contributed by atoms with Crippen molar-refractivity contribution in [2.45, 2.75) is 119 Å². The Labute approximate surface area is 368 Å². The smallest absolute Gasteiger partial charge is 0.305 e. The SMILES string of the molecule is CC(C)c1c(C(=O)Nc2ccccc2)c(-c2ccccc2)c(-c2ccc(F)cc2)n1CC[C@@H](O)C[C@@H](O)CC(=O)O.OC[C@H]1O[C@@H](O[C@H]2[C@H](O)[C@@H](O)[C@H](O)O[C@@H]2CO)[C@H](O)[C@@H](O)[C@H]1O. The summed E-state index contributed by atoms with van der Waals surface area (Å²) >= 11 is 0. The van der Waals surface area contributed by atoms with E-state index < -0.39 is 99.2 Å². The van der Waals surface area contributed by atoms with Gasteiger partial charge < -0.3 is 80.3 Å². The van der Waals surface area contributed by atoms with Crippen molar-refractivity contribution in [1.82, 2.24) is 4.57 Å². The Morgan fingerprint density at radius 1 is 0.750 bits per heavy atom. The number of amides is 1. The van der Waals surface area contributed by atoms with Gasteiger partial charge in [0.15, 0.2) is 12.6 Å². The highest BCUT2D eigenvalue weighted by molar-refractivity contribution is 6.12. The first-order valence-electron chi connectivity index (χ1n) is 20.8. The molecule has 4 aromatic rings. The van der Waals surface area contributed by atoms with Crippen LogP contribution in [0.15, 0.2) is 84.9 Å². The number of ether oxygens (including phenoxy) is 3. The minimum absolute atomic E-state index is 0.0939. The van der Waals surface area contributed by atoms with Gasteiger partial charge in [0.25, 0.3) is 5.91 Å². The first-order valence-corrected chi connectivity index (χ1v) is 20.8. The number of aromatic nitrogens is 1. The molecule has 350 valence electrons. The lowest BCUT2D eigenvalue weighted by atomic mass is 9.94. The molecule has 1 amide bonds. The highest BCUT2D eigenvalue weighted by Gasteiger charge is 2.50. The number of aliphatic carboxylic acids is 1. The molecule has 2 saturated heterocycles. The number of benzene rings is 3. The number of rotatable bonds is 16. The normalized spacial score (nSPS) is 26.7. The molecule has 0 bridgehead atoms. The number of aliphatic hydroxyl groups excluding tert-OH is 10. The minimum Gasteiger partial charge on any atom is -0.481 e. The number of carbonyl (C=O) groups is 2. The lowest BCUT2D eigenvalue weighted by Crippen LogP contribution is -2.64. The number of nitrogens with zero attached hydrogens (tertiary/aromatic N) is 1. The van der Waals surface area contributed by atoms with Gasteiger partial charge >= 0.3 is 5.97 Å². The van der Waals surface area contributed by atoms with Gasteiger partial charge in [0.2, 0.25) is 0 Å². The van der Waals surface area contributed by atoms with E-state index >= 15 is 0 Å². The maximum atomic E-state index is 14.0. The van der Waals surface area contributed by atoms with Crippen molar-refractivity contribution >= 4 is 17.6 Å². The van der Waals surface area contributed by atoms with Crippen LogP contribution in [0.1, 0.15) is 55.1 Å². The Bertz CT molecular complexity index is 2090. The van der Waals surface area contributed by atoms with Gasteiger partial charge in [0.1, 0.15) is 54.6 Å². The van der Waals surface area contributed by atoms with E-state index in [1.165, 1.54) is 12.1 Å². The zero-order valence-corrected chi connectivity index (χ0v) is 35.1. The van der Waals surface area contributed by atoms with Gasteiger partial charge in [-0.3, -0.25) is 9.59 Å². The van der Waals surface area contributed by atoms with Crippen LogP contribution < -0.4 is 5.32 Å². The number of carbonyl (C=O) groups excluding carboxylic acids is 1. The molecule has 18 nitrogen and oxygen atoms in total. The van der Waals surface area contributed by atoms with E-state index in [4.69, 9.17) is 24.4 Å². The number of carboxylic acid groups (broad SMARTS) is 1. The van der Waals surface area contributed by atoms with Crippen molar-refractivity contribution in [2.24, 2.45) is 0 Å². The number of carboxylic acids is 1. The number of para-hydroxylation sites is 1. The molecular weight excluding hydrogens is 843 g/mol. The second kappa shape index (κ2) is 23.0. The molecule has 12 atom stereocenters. The predicted octanol–water partition coefficient (Wildman–Crippen LogP) is 0.916. The molecule has 2 aliphatic rings. The third-order valence-corrected chi connectivity index (χ3v) is 10.9. The van der Waals surface area contributed by atoms with Gasteiger partial charge in [0.05, 0.1) is 43.1 Å². The number of nitrogens with one attached hydrogen (secondary N) is 1. The molecule has 6 rings (SSSR count). The number of aliphatic hydroxyl groups is 10. The Morgan fingerprint density at radius 3 is 1.94 bits per heavy atom. The highest BCUT2D eigenvalue weighted by atomic mass is 19.1. The van der Waals surface area contributed by atoms with Crippen LogP contribution >= 0.6 is 0 Å². The van der Waals surface area contributed by atoms with Crippen LogP contribution in [0.5, 0.6) is 0 Å². The van der Waals surface area contributed by atoms with E-state index in [0.29, 0.717) is 28.1 Å². The molecule has 0 saturated carbocycles. The standard InChI is InChI=1S/C33H35FN2O5.C12H22O11/c1-21(2)31-30(33(41)35-25-11-7-4-8-12-25)29(22-9-5-3-6-10-22)32(23-13-15-24(34)16-14-23)36(31)18-17-26(37)19-27(38)20-28(39)40;13-1-3-5(15)6(16)9(19)12(22-3)23-10-4(2-14)21-11(20)8(18)7(10)17/h3-16,21,26-27,37-38H,17-20H2,1-2H3,(H,35,41)(H,39,40);3-20H,1-2H2/t26-,27-;3-,4-,5+,6+,7-,8-,9-,10-,11-,12+/m11/s1. The summed E-state index contributed by atoms with van der Waals surface area (Å²) in [5.41, 5.74) is 4.77.